The number of aryl methyl sites for hydroxylation is 1. The molecular formula is C15H23N5O5S. The van der Waals surface area contributed by atoms with Gasteiger partial charge in [0.15, 0.2) is 5.65 Å². The van der Waals surface area contributed by atoms with Crippen molar-refractivity contribution >= 4 is 21.2 Å². The van der Waals surface area contributed by atoms with Gasteiger partial charge in [0.2, 0.25) is 10.0 Å². The Hall–Kier alpha value is -1.98. The van der Waals surface area contributed by atoms with Crippen molar-refractivity contribution in [3.05, 3.63) is 26.7 Å². The summed E-state index contributed by atoms with van der Waals surface area (Å²) in [4.78, 5) is 31.8. The highest BCUT2D eigenvalue weighted by atomic mass is 32.2. The van der Waals surface area contributed by atoms with Crippen molar-refractivity contribution in [2.45, 2.75) is 18.8 Å². The van der Waals surface area contributed by atoms with Gasteiger partial charge in [-0.25, -0.2) is 22.5 Å². The first-order valence-electron chi connectivity index (χ1n) is 8.38. The monoisotopic (exact) mass is 385 g/mol. The van der Waals surface area contributed by atoms with Crippen LogP contribution in [-0.4, -0.2) is 64.4 Å². The Morgan fingerprint density at radius 1 is 1.27 bits per heavy atom. The Kier molecular flexibility index (Phi) is 5.04. The van der Waals surface area contributed by atoms with E-state index in [4.69, 9.17) is 4.74 Å². The molecule has 11 heteroatoms. The lowest BCUT2D eigenvalue weighted by atomic mass is 9.99. The molecule has 1 aliphatic rings. The summed E-state index contributed by atoms with van der Waals surface area (Å²) >= 11 is 0. The molecule has 0 aliphatic carbocycles. The highest BCUT2D eigenvalue weighted by Crippen LogP contribution is 2.27. The molecule has 144 valence electrons. The summed E-state index contributed by atoms with van der Waals surface area (Å²) in [7, 11) is 1.03. The third-order valence-corrected chi connectivity index (χ3v) is 6.62. The minimum Gasteiger partial charge on any atom is -0.384 e. The average molecular weight is 385 g/mol. The quantitative estimate of drug-likeness (QED) is 0.714. The maximum atomic E-state index is 12.4. The molecule has 3 rings (SSSR count). The van der Waals surface area contributed by atoms with E-state index in [2.05, 4.69) is 9.97 Å². The number of hydrogen-bond acceptors (Lipinski definition) is 6. The summed E-state index contributed by atoms with van der Waals surface area (Å²) in [5, 5.41) is 0. The van der Waals surface area contributed by atoms with E-state index < -0.39 is 21.3 Å². The van der Waals surface area contributed by atoms with E-state index in [0.717, 1.165) is 11.0 Å². The van der Waals surface area contributed by atoms with Crippen molar-refractivity contribution < 1.29 is 13.2 Å². The summed E-state index contributed by atoms with van der Waals surface area (Å²) in [6, 6.07) is 0. The van der Waals surface area contributed by atoms with Crippen LogP contribution in [0.1, 0.15) is 24.6 Å². The Balaban J connectivity index is 1.94. The topological polar surface area (TPSA) is 119 Å². The molecule has 3 heterocycles. The Bertz CT molecular complexity index is 1040. The van der Waals surface area contributed by atoms with Crippen LogP contribution in [0.15, 0.2) is 9.59 Å². The Labute approximate surface area is 150 Å². The van der Waals surface area contributed by atoms with Crippen molar-refractivity contribution in [3.63, 3.8) is 0 Å². The molecule has 1 N–H and O–H groups in total. The molecule has 0 spiro atoms. The van der Waals surface area contributed by atoms with Crippen LogP contribution in [-0.2, 0) is 28.9 Å². The van der Waals surface area contributed by atoms with E-state index >= 15 is 0 Å². The fraction of sp³-hybridized carbons (Fsp3) is 0.667. The number of nitrogens with one attached hydrogen (secondary N) is 1. The van der Waals surface area contributed by atoms with Gasteiger partial charge in [0.25, 0.3) is 5.56 Å². The van der Waals surface area contributed by atoms with Gasteiger partial charge in [-0.2, -0.15) is 0 Å². The summed E-state index contributed by atoms with van der Waals surface area (Å²) < 4.78 is 33.5. The molecule has 2 aromatic heterocycles. The summed E-state index contributed by atoms with van der Waals surface area (Å²) in [5.41, 5.74) is -0.355. The maximum absolute atomic E-state index is 12.4. The number of sulfonamides is 1. The molecule has 10 nitrogen and oxygen atoms in total. The van der Waals surface area contributed by atoms with E-state index in [-0.39, 0.29) is 29.4 Å². The smallest absolute Gasteiger partial charge is 0.332 e. The van der Waals surface area contributed by atoms with Crippen LogP contribution in [0.4, 0.5) is 0 Å². The van der Waals surface area contributed by atoms with Crippen LogP contribution in [0.25, 0.3) is 11.2 Å². The molecule has 1 atom stereocenters. The molecule has 0 radical (unpaired) electrons. The van der Waals surface area contributed by atoms with Crippen molar-refractivity contribution in [2.75, 3.05) is 32.6 Å². The Morgan fingerprint density at radius 3 is 2.69 bits per heavy atom. The highest BCUT2D eigenvalue weighted by molar-refractivity contribution is 7.89. The van der Waals surface area contributed by atoms with Crippen molar-refractivity contribution in [3.8, 4) is 0 Å². The number of methoxy groups -OCH3 is 1. The van der Waals surface area contributed by atoms with Crippen LogP contribution in [0.3, 0.4) is 0 Å². The highest BCUT2D eigenvalue weighted by Gasteiger charge is 2.31. The van der Waals surface area contributed by atoms with Gasteiger partial charge in [-0.05, 0) is 12.8 Å². The predicted molar refractivity (Wildman–Crippen MR) is 95.8 cm³/mol. The minimum absolute atomic E-state index is 0.0641. The standard InChI is InChI=1S/C15H23N5O5S/c1-18-13-11(14(21)19(2)15(18)22)16-12(17-13)10-5-4-6-20(9-10)26(23,24)8-7-25-3/h10H,4-9H2,1-3H3,(H,16,17). The third-order valence-electron chi connectivity index (χ3n) is 4.82. The molecule has 1 saturated heterocycles. The zero-order valence-electron chi connectivity index (χ0n) is 15.1. The second-order valence-corrected chi connectivity index (χ2v) is 8.62. The number of hydrogen-bond donors (Lipinski definition) is 1. The number of aromatic nitrogens is 4. The molecular weight excluding hydrogens is 362 g/mol. The van der Waals surface area contributed by atoms with E-state index in [1.165, 1.54) is 23.0 Å². The number of nitrogens with zero attached hydrogens (tertiary/aromatic N) is 4. The molecule has 1 aliphatic heterocycles. The number of aromatic amines is 1. The van der Waals surface area contributed by atoms with Crippen LogP contribution in [0.2, 0.25) is 0 Å². The van der Waals surface area contributed by atoms with E-state index in [1.54, 1.807) is 7.05 Å². The van der Waals surface area contributed by atoms with Gasteiger partial charge in [-0.15, -0.1) is 0 Å². The number of imidazole rings is 1. The maximum Gasteiger partial charge on any atom is 0.332 e. The molecule has 1 fully saturated rings. The van der Waals surface area contributed by atoms with E-state index in [1.807, 2.05) is 0 Å². The Morgan fingerprint density at radius 2 is 2.00 bits per heavy atom. The minimum atomic E-state index is -3.40. The van der Waals surface area contributed by atoms with Crippen molar-refractivity contribution in [2.24, 2.45) is 14.1 Å². The molecule has 0 saturated carbocycles. The number of H-pyrrole nitrogens is 1. The van der Waals surface area contributed by atoms with Gasteiger partial charge >= 0.3 is 5.69 Å². The van der Waals surface area contributed by atoms with Gasteiger partial charge in [-0.3, -0.25) is 13.9 Å². The van der Waals surface area contributed by atoms with Crippen molar-refractivity contribution in [1.29, 1.82) is 0 Å². The summed E-state index contributed by atoms with van der Waals surface area (Å²) in [6.45, 7) is 0.898. The van der Waals surface area contributed by atoms with Gasteiger partial charge < -0.3 is 9.72 Å². The van der Waals surface area contributed by atoms with E-state index in [0.29, 0.717) is 25.3 Å². The van der Waals surface area contributed by atoms with Crippen LogP contribution >= 0.6 is 0 Å². The largest absolute Gasteiger partial charge is 0.384 e. The number of ether oxygens (including phenoxy) is 1. The molecule has 0 aromatic carbocycles. The molecule has 1 unspecified atom stereocenters. The van der Waals surface area contributed by atoms with Gasteiger partial charge in [0.05, 0.1) is 12.4 Å². The van der Waals surface area contributed by atoms with Crippen LogP contribution in [0, 0.1) is 0 Å². The van der Waals surface area contributed by atoms with Gasteiger partial charge in [-0.1, -0.05) is 0 Å². The van der Waals surface area contributed by atoms with Crippen LogP contribution < -0.4 is 11.2 Å². The summed E-state index contributed by atoms with van der Waals surface area (Å²) in [6.07, 6.45) is 1.45. The van der Waals surface area contributed by atoms with Gasteiger partial charge in [0.1, 0.15) is 11.3 Å². The number of fused-ring (bicyclic) bond motifs is 1. The lowest BCUT2D eigenvalue weighted by molar-refractivity contribution is 0.214. The first kappa shape index (κ1) is 18.8. The predicted octanol–water partition coefficient (Wildman–Crippen LogP) is -0.884. The lowest BCUT2D eigenvalue weighted by Crippen LogP contribution is -2.41. The second kappa shape index (κ2) is 6.97. The lowest BCUT2D eigenvalue weighted by Gasteiger charge is -2.30. The van der Waals surface area contributed by atoms with Crippen LogP contribution in [0.5, 0.6) is 0 Å². The number of rotatable bonds is 5. The normalized spacial score (nSPS) is 19.3. The zero-order valence-corrected chi connectivity index (χ0v) is 15.9. The third kappa shape index (κ3) is 3.21. The average Bonchev–Trinajstić information content (AvgIpc) is 3.09. The van der Waals surface area contributed by atoms with Crippen molar-refractivity contribution in [1.82, 2.24) is 23.4 Å². The number of piperidine rings is 1. The second-order valence-electron chi connectivity index (χ2n) is 6.53. The molecule has 2 aromatic rings. The molecule has 26 heavy (non-hydrogen) atoms. The fourth-order valence-corrected chi connectivity index (χ4v) is 4.72. The SMILES string of the molecule is COCCS(=O)(=O)N1CCCC(c2nc3c([nH]2)c(=O)n(C)c(=O)n3C)C1. The zero-order chi connectivity index (χ0) is 19.1. The van der Waals surface area contributed by atoms with Gasteiger partial charge in [0, 0.05) is 40.2 Å². The fourth-order valence-electron chi connectivity index (χ4n) is 3.27. The molecule has 0 bridgehead atoms. The van der Waals surface area contributed by atoms with E-state index in [9.17, 15) is 18.0 Å². The summed E-state index contributed by atoms with van der Waals surface area (Å²) in [5.74, 6) is 0.309. The first-order chi connectivity index (χ1) is 12.3. The first-order valence-corrected chi connectivity index (χ1v) is 9.99. The molecule has 0 amide bonds.